The lowest BCUT2D eigenvalue weighted by atomic mass is 9.78. The van der Waals surface area contributed by atoms with Crippen LogP contribution in [0.15, 0.2) is 42.5 Å². The van der Waals surface area contributed by atoms with Crippen molar-refractivity contribution in [2.45, 2.75) is 59.0 Å². The quantitative estimate of drug-likeness (QED) is 0.516. The second kappa shape index (κ2) is 8.73. The molecule has 0 aromatic heterocycles. The Bertz CT molecular complexity index is 844. The van der Waals surface area contributed by atoms with Crippen LogP contribution < -0.4 is 4.74 Å². The Morgan fingerprint density at radius 3 is 1.93 bits per heavy atom. The highest BCUT2D eigenvalue weighted by Gasteiger charge is 2.26. The standard InChI is InChI=1S/C25H32O4/c1-24(2,3)20-14-18(15-21(23(20)27)25(4,5)6)16-29-22(26)13-10-17-8-11-19(28-7)12-9-17/h8-15,27H,16H2,1-7H3. The first-order valence-electron chi connectivity index (χ1n) is 9.77. The molecule has 0 atom stereocenters. The van der Waals surface area contributed by atoms with Gasteiger partial charge in [-0.1, -0.05) is 53.7 Å². The Morgan fingerprint density at radius 2 is 1.48 bits per heavy atom. The number of aromatic hydroxyl groups is 1. The topological polar surface area (TPSA) is 55.8 Å². The molecule has 0 saturated carbocycles. The van der Waals surface area contributed by atoms with E-state index in [4.69, 9.17) is 9.47 Å². The molecular weight excluding hydrogens is 364 g/mol. The highest BCUT2D eigenvalue weighted by Crippen LogP contribution is 2.39. The van der Waals surface area contributed by atoms with Gasteiger partial charge in [0.05, 0.1) is 7.11 Å². The average molecular weight is 397 g/mol. The van der Waals surface area contributed by atoms with Gasteiger partial charge in [0.1, 0.15) is 18.1 Å². The van der Waals surface area contributed by atoms with Gasteiger partial charge in [0.25, 0.3) is 0 Å². The maximum absolute atomic E-state index is 12.2. The molecule has 0 amide bonds. The number of esters is 1. The normalized spacial score (nSPS) is 12.2. The van der Waals surface area contributed by atoms with Gasteiger partial charge < -0.3 is 14.6 Å². The van der Waals surface area contributed by atoms with Gasteiger partial charge in [-0.3, -0.25) is 0 Å². The summed E-state index contributed by atoms with van der Waals surface area (Å²) in [7, 11) is 1.61. The van der Waals surface area contributed by atoms with Crippen LogP contribution in [0.2, 0.25) is 0 Å². The average Bonchev–Trinajstić information content (AvgIpc) is 2.64. The van der Waals surface area contributed by atoms with E-state index in [1.165, 1.54) is 6.08 Å². The second-order valence-corrected chi connectivity index (χ2v) is 9.25. The molecule has 0 fully saturated rings. The lowest BCUT2D eigenvalue weighted by Crippen LogP contribution is -2.18. The molecular formula is C25H32O4. The van der Waals surface area contributed by atoms with E-state index in [2.05, 4.69) is 41.5 Å². The van der Waals surface area contributed by atoms with Crippen molar-refractivity contribution in [2.75, 3.05) is 7.11 Å². The largest absolute Gasteiger partial charge is 0.507 e. The fourth-order valence-corrected chi connectivity index (χ4v) is 3.00. The predicted molar refractivity (Wildman–Crippen MR) is 117 cm³/mol. The number of carbonyl (C=O) groups excluding carboxylic acids is 1. The minimum Gasteiger partial charge on any atom is -0.507 e. The minimum absolute atomic E-state index is 0.151. The Balaban J connectivity index is 2.16. The van der Waals surface area contributed by atoms with Crippen molar-refractivity contribution in [2.24, 2.45) is 0 Å². The van der Waals surface area contributed by atoms with Crippen LogP contribution in [0.5, 0.6) is 11.5 Å². The number of hydrogen-bond acceptors (Lipinski definition) is 4. The van der Waals surface area contributed by atoms with E-state index >= 15 is 0 Å². The van der Waals surface area contributed by atoms with Gasteiger partial charge in [0.15, 0.2) is 0 Å². The summed E-state index contributed by atoms with van der Waals surface area (Å²) in [5.41, 5.74) is 3.01. The van der Waals surface area contributed by atoms with Crippen molar-refractivity contribution in [3.8, 4) is 11.5 Å². The molecule has 156 valence electrons. The summed E-state index contributed by atoms with van der Waals surface area (Å²) in [6.45, 7) is 12.5. The third-order valence-electron chi connectivity index (χ3n) is 4.69. The molecule has 0 radical (unpaired) electrons. The van der Waals surface area contributed by atoms with Crippen LogP contribution in [0.3, 0.4) is 0 Å². The maximum Gasteiger partial charge on any atom is 0.331 e. The van der Waals surface area contributed by atoms with Crippen molar-refractivity contribution in [1.29, 1.82) is 0 Å². The smallest absolute Gasteiger partial charge is 0.331 e. The number of phenolic OH excluding ortho intramolecular Hbond substituents is 1. The van der Waals surface area contributed by atoms with Gasteiger partial charge >= 0.3 is 5.97 Å². The van der Waals surface area contributed by atoms with Gasteiger partial charge in [0.2, 0.25) is 0 Å². The molecule has 4 heteroatoms. The Hall–Kier alpha value is -2.75. The molecule has 2 aromatic carbocycles. The minimum atomic E-state index is -0.413. The van der Waals surface area contributed by atoms with E-state index in [1.54, 1.807) is 13.2 Å². The molecule has 1 N–H and O–H groups in total. The first-order valence-corrected chi connectivity index (χ1v) is 9.77. The molecule has 0 spiro atoms. The van der Waals surface area contributed by atoms with Crippen molar-refractivity contribution in [1.82, 2.24) is 0 Å². The summed E-state index contributed by atoms with van der Waals surface area (Å²) < 4.78 is 10.6. The summed E-state index contributed by atoms with van der Waals surface area (Å²) in [6.07, 6.45) is 3.12. The van der Waals surface area contributed by atoms with E-state index < -0.39 is 5.97 Å². The fraction of sp³-hybridized carbons (Fsp3) is 0.400. The number of ether oxygens (including phenoxy) is 2. The fourth-order valence-electron chi connectivity index (χ4n) is 3.00. The first kappa shape index (κ1) is 22.5. The molecule has 0 aliphatic heterocycles. The Labute approximate surface area is 174 Å². The number of rotatable bonds is 5. The van der Waals surface area contributed by atoms with Crippen LogP contribution >= 0.6 is 0 Å². The highest BCUT2D eigenvalue weighted by atomic mass is 16.5. The van der Waals surface area contributed by atoms with Gasteiger partial charge in [-0.25, -0.2) is 4.79 Å². The van der Waals surface area contributed by atoms with E-state index in [0.29, 0.717) is 5.75 Å². The monoisotopic (exact) mass is 396 g/mol. The lowest BCUT2D eigenvalue weighted by Gasteiger charge is -2.28. The molecule has 2 aromatic rings. The number of methoxy groups -OCH3 is 1. The first-order chi connectivity index (χ1) is 13.4. The van der Waals surface area contributed by atoms with Crippen LogP contribution in [-0.4, -0.2) is 18.2 Å². The SMILES string of the molecule is COc1ccc(C=CC(=O)OCc2cc(C(C)(C)C)c(O)c(C(C)(C)C)c2)cc1. The van der Waals surface area contributed by atoms with Crippen LogP contribution in [0.1, 0.15) is 63.8 Å². The van der Waals surface area contributed by atoms with Crippen molar-refractivity contribution < 1.29 is 19.4 Å². The summed E-state index contributed by atoms with van der Waals surface area (Å²) in [6, 6.07) is 11.3. The lowest BCUT2D eigenvalue weighted by molar-refractivity contribution is -0.138. The third-order valence-corrected chi connectivity index (χ3v) is 4.69. The van der Waals surface area contributed by atoms with Crippen molar-refractivity contribution >= 4 is 12.0 Å². The zero-order valence-electron chi connectivity index (χ0n) is 18.5. The zero-order valence-corrected chi connectivity index (χ0v) is 18.5. The maximum atomic E-state index is 12.2. The molecule has 0 saturated heterocycles. The Morgan fingerprint density at radius 1 is 0.966 bits per heavy atom. The molecule has 0 heterocycles. The summed E-state index contributed by atoms with van der Waals surface area (Å²) in [4.78, 5) is 12.2. The molecule has 2 rings (SSSR count). The van der Waals surface area contributed by atoms with Gasteiger partial charge in [-0.15, -0.1) is 0 Å². The predicted octanol–water partition coefficient (Wildman–Crippen LogP) is 5.75. The van der Waals surface area contributed by atoms with Gasteiger partial charge in [0, 0.05) is 6.08 Å². The molecule has 0 bridgehead atoms. The van der Waals surface area contributed by atoms with Crippen molar-refractivity contribution in [3.05, 3.63) is 64.7 Å². The number of phenols is 1. The highest BCUT2D eigenvalue weighted by molar-refractivity contribution is 5.87. The number of hydrogen-bond donors (Lipinski definition) is 1. The molecule has 0 unspecified atom stereocenters. The summed E-state index contributed by atoms with van der Waals surface area (Å²) in [5.74, 6) is 0.671. The van der Waals surface area contributed by atoms with E-state index in [0.717, 1.165) is 28.0 Å². The van der Waals surface area contributed by atoms with Gasteiger partial charge in [-0.05, 0) is 63.4 Å². The Kier molecular flexibility index (Phi) is 6.78. The van der Waals surface area contributed by atoms with Crippen LogP contribution in [0.25, 0.3) is 6.08 Å². The van der Waals surface area contributed by atoms with Crippen LogP contribution in [-0.2, 0) is 27.0 Å². The number of carbonyl (C=O) groups is 1. The molecule has 0 aliphatic rings. The van der Waals surface area contributed by atoms with Crippen LogP contribution in [0.4, 0.5) is 0 Å². The molecule has 29 heavy (non-hydrogen) atoms. The van der Waals surface area contributed by atoms with Crippen LogP contribution in [0, 0.1) is 0 Å². The van der Waals surface area contributed by atoms with E-state index in [1.807, 2.05) is 36.4 Å². The molecule has 4 nitrogen and oxygen atoms in total. The van der Waals surface area contributed by atoms with E-state index in [-0.39, 0.29) is 17.4 Å². The van der Waals surface area contributed by atoms with E-state index in [9.17, 15) is 9.90 Å². The van der Waals surface area contributed by atoms with Gasteiger partial charge in [-0.2, -0.15) is 0 Å². The third kappa shape index (κ3) is 6.11. The zero-order chi connectivity index (χ0) is 21.8. The summed E-state index contributed by atoms with van der Waals surface area (Å²) >= 11 is 0. The van der Waals surface area contributed by atoms with Crippen molar-refractivity contribution in [3.63, 3.8) is 0 Å². The number of benzene rings is 2. The molecule has 0 aliphatic carbocycles. The second-order valence-electron chi connectivity index (χ2n) is 9.25. The summed E-state index contributed by atoms with van der Waals surface area (Å²) in [5, 5.41) is 10.8.